The lowest BCUT2D eigenvalue weighted by atomic mass is 10.3. The number of nitrogens with zero attached hydrogens (tertiary/aromatic N) is 4. The van der Waals surface area contributed by atoms with E-state index in [9.17, 15) is 0 Å². The van der Waals surface area contributed by atoms with Gasteiger partial charge in [0.2, 0.25) is 0 Å². The van der Waals surface area contributed by atoms with E-state index in [1.165, 1.54) is 0 Å². The number of nitrogens with two attached hydrogens (primary N) is 1. The van der Waals surface area contributed by atoms with Gasteiger partial charge in [-0.1, -0.05) is 12.1 Å². The Morgan fingerprint density at radius 2 is 2.06 bits per heavy atom. The average molecular weight is 241 g/mol. The van der Waals surface area contributed by atoms with E-state index in [-0.39, 0.29) is 0 Å². The maximum absolute atomic E-state index is 6.13. The number of nitrogen functional groups attached to an aromatic ring is 1. The monoisotopic (exact) mass is 241 g/mol. The summed E-state index contributed by atoms with van der Waals surface area (Å²) in [5.41, 5.74) is 9.69. The van der Waals surface area contributed by atoms with Gasteiger partial charge in [0.1, 0.15) is 6.33 Å². The number of aromatic nitrogens is 4. The predicted molar refractivity (Wildman–Crippen MR) is 71.7 cm³/mol. The van der Waals surface area contributed by atoms with E-state index in [2.05, 4.69) is 17.0 Å². The first-order valence-corrected chi connectivity index (χ1v) is 5.97. The molecular weight excluding hydrogens is 226 g/mol. The van der Waals surface area contributed by atoms with Crippen molar-refractivity contribution in [2.24, 2.45) is 0 Å². The summed E-state index contributed by atoms with van der Waals surface area (Å²) in [6.07, 6.45) is 1.80. The third kappa shape index (κ3) is 1.40. The second-order valence-electron chi connectivity index (χ2n) is 4.24. The van der Waals surface area contributed by atoms with Gasteiger partial charge in [0.25, 0.3) is 0 Å². The molecule has 0 unspecified atom stereocenters. The molecule has 3 rings (SSSR count). The summed E-state index contributed by atoms with van der Waals surface area (Å²) >= 11 is 0. The Labute approximate surface area is 105 Å². The van der Waals surface area contributed by atoms with Crippen molar-refractivity contribution in [3.63, 3.8) is 0 Å². The molecule has 5 nitrogen and oxygen atoms in total. The van der Waals surface area contributed by atoms with Crippen molar-refractivity contribution in [2.75, 3.05) is 5.73 Å². The molecule has 18 heavy (non-hydrogen) atoms. The number of para-hydroxylation sites is 2. The first kappa shape index (κ1) is 10.8. The maximum Gasteiger partial charge on any atom is 0.160 e. The van der Waals surface area contributed by atoms with Crippen molar-refractivity contribution in [2.45, 2.75) is 20.4 Å². The van der Waals surface area contributed by atoms with Crippen molar-refractivity contribution >= 4 is 16.7 Å². The van der Waals surface area contributed by atoms with E-state index in [1.807, 2.05) is 40.4 Å². The molecular formula is C13H15N5. The van der Waals surface area contributed by atoms with Crippen LogP contribution in [-0.4, -0.2) is 19.3 Å². The molecule has 0 atom stereocenters. The van der Waals surface area contributed by atoms with Gasteiger partial charge in [-0.05, 0) is 26.0 Å². The summed E-state index contributed by atoms with van der Waals surface area (Å²) in [4.78, 5) is 4.39. The van der Waals surface area contributed by atoms with Gasteiger partial charge in [-0.15, -0.1) is 0 Å². The van der Waals surface area contributed by atoms with Crippen LogP contribution in [0.3, 0.4) is 0 Å². The van der Waals surface area contributed by atoms with E-state index in [1.54, 1.807) is 6.33 Å². The molecule has 0 aliphatic carbocycles. The lowest BCUT2D eigenvalue weighted by Gasteiger charge is -2.07. The van der Waals surface area contributed by atoms with Gasteiger partial charge in [-0.25, -0.2) is 9.67 Å². The highest BCUT2D eigenvalue weighted by atomic mass is 15.4. The predicted octanol–water partition coefficient (Wildman–Crippen LogP) is 2.13. The van der Waals surface area contributed by atoms with Crippen molar-refractivity contribution in [3.8, 4) is 5.82 Å². The smallest absolute Gasteiger partial charge is 0.160 e. The van der Waals surface area contributed by atoms with Crippen molar-refractivity contribution < 1.29 is 0 Å². The lowest BCUT2D eigenvalue weighted by Crippen LogP contribution is -2.06. The van der Waals surface area contributed by atoms with E-state index in [4.69, 9.17) is 5.73 Å². The van der Waals surface area contributed by atoms with Crippen LogP contribution in [0.5, 0.6) is 0 Å². The molecule has 0 bridgehead atoms. The first-order valence-electron chi connectivity index (χ1n) is 5.97. The number of anilines is 1. The molecule has 0 spiro atoms. The minimum atomic E-state index is 0.708. The summed E-state index contributed by atoms with van der Waals surface area (Å²) in [6.45, 7) is 4.75. The number of imidazole rings is 1. The third-order valence-corrected chi connectivity index (χ3v) is 3.13. The highest BCUT2D eigenvalue weighted by Gasteiger charge is 2.15. The average Bonchev–Trinajstić information content (AvgIpc) is 2.92. The van der Waals surface area contributed by atoms with Crippen LogP contribution < -0.4 is 5.73 Å². The number of benzene rings is 1. The second kappa shape index (κ2) is 3.87. The number of hydrogen-bond acceptors (Lipinski definition) is 3. The molecule has 1 aromatic carbocycles. The van der Waals surface area contributed by atoms with Gasteiger partial charge in [0.15, 0.2) is 5.82 Å². The summed E-state index contributed by atoms with van der Waals surface area (Å²) in [6, 6.07) is 7.99. The van der Waals surface area contributed by atoms with Crippen molar-refractivity contribution in [1.82, 2.24) is 19.3 Å². The van der Waals surface area contributed by atoms with Crippen LogP contribution in [0, 0.1) is 6.92 Å². The summed E-state index contributed by atoms with van der Waals surface area (Å²) < 4.78 is 3.90. The van der Waals surface area contributed by atoms with E-state index in [0.29, 0.717) is 5.69 Å². The fourth-order valence-corrected chi connectivity index (χ4v) is 2.19. The third-order valence-electron chi connectivity index (χ3n) is 3.13. The molecule has 3 aromatic rings. The van der Waals surface area contributed by atoms with Crippen LogP contribution in [0.4, 0.5) is 5.69 Å². The molecule has 0 fully saturated rings. The zero-order valence-corrected chi connectivity index (χ0v) is 10.5. The molecule has 0 aliphatic rings. The van der Waals surface area contributed by atoms with Crippen LogP contribution in [0.1, 0.15) is 12.6 Å². The molecule has 92 valence electrons. The number of fused-ring (bicyclic) bond motifs is 1. The summed E-state index contributed by atoms with van der Waals surface area (Å²) in [5, 5.41) is 4.43. The SMILES string of the molecule is CCn1nc(C)c(N)c1-n1cnc2ccccc21. The minimum Gasteiger partial charge on any atom is -0.394 e. The number of aryl methyl sites for hydroxylation is 2. The minimum absolute atomic E-state index is 0.708. The van der Waals surface area contributed by atoms with Crippen molar-refractivity contribution in [3.05, 3.63) is 36.3 Å². The highest BCUT2D eigenvalue weighted by Crippen LogP contribution is 2.24. The van der Waals surface area contributed by atoms with Gasteiger partial charge >= 0.3 is 0 Å². The van der Waals surface area contributed by atoms with Crippen molar-refractivity contribution in [1.29, 1.82) is 0 Å². The Hall–Kier alpha value is -2.30. The second-order valence-corrected chi connectivity index (χ2v) is 4.24. The molecule has 2 N–H and O–H groups in total. The lowest BCUT2D eigenvalue weighted by molar-refractivity contribution is 0.635. The van der Waals surface area contributed by atoms with Crippen LogP contribution in [0.15, 0.2) is 30.6 Å². The normalized spacial score (nSPS) is 11.2. The first-order chi connectivity index (χ1) is 8.72. The van der Waals surface area contributed by atoms with Gasteiger partial charge < -0.3 is 5.73 Å². The molecule has 0 aliphatic heterocycles. The number of rotatable bonds is 2. The standard InChI is InChI=1S/C13H15N5/c1-3-18-13(12(14)9(2)16-18)17-8-15-10-6-4-5-7-11(10)17/h4-8H,3,14H2,1-2H3. The molecule has 0 radical (unpaired) electrons. The van der Waals surface area contributed by atoms with Gasteiger partial charge in [0.05, 0.1) is 22.4 Å². The van der Waals surface area contributed by atoms with E-state index >= 15 is 0 Å². The fraction of sp³-hybridized carbons (Fsp3) is 0.231. The molecule has 2 heterocycles. The summed E-state index contributed by atoms with van der Waals surface area (Å²) in [7, 11) is 0. The van der Waals surface area contributed by atoms with Crippen LogP contribution >= 0.6 is 0 Å². The Morgan fingerprint density at radius 1 is 1.28 bits per heavy atom. The molecule has 0 amide bonds. The van der Waals surface area contributed by atoms with Gasteiger partial charge in [-0.3, -0.25) is 4.57 Å². The molecule has 0 saturated heterocycles. The largest absolute Gasteiger partial charge is 0.394 e. The van der Waals surface area contributed by atoms with Gasteiger partial charge in [-0.2, -0.15) is 5.10 Å². The van der Waals surface area contributed by atoms with Crippen LogP contribution in [-0.2, 0) is 6.54 Å². The Morgan fingerprint density at radius 3 is 2.83 bits per heavy atom. The Kier molecular flexibility index (Phi) is 2.33. The van der Waals surface area contributed by atoms with Crippen LogP contribution in [0.25, 0.3) is 16.9 Å². The highest BCUT2D eigenvalue weighted by molar-refractivity contribution is 5.78. The Balaban J connectivity index is 2.32. The summed E-state index contributed by atoms with van der Waals surface area (Å²) in [5.74, 6) is 0.892. The zero-order valence-electron chi connectivity index (χ0n) is 10.5. The number of hydrogen-bond donors (Lipinski definition) is 1. The molecule has 5 heteroatoms. The van der Waals surface area contributed by atoms with Gasteiger partial charge in [0, 0.05) is 6.54 Å². The Bertz CT molecular complexity index is 707. The molecule has 0 saturated carbocycles. The van der Waals surface area contributed by atoms with E-state index in [0.717, 1.165) is 29.1 Å². The van der Waals surface area contributed by atoms with Crippen LogP contribution in [0.2, 0.25) is 0 Å². The topological polar surface area (TPSA) is 61.7 Å². The maximum atomic E-state index is 6.13. The van der Waals surface area contributed by atoms with E-state index < -0.39 is 0 Å². The zero-order chi connectivity index (χ0) is 12.7. The quantitative estimate of drug-likeness (QED) is 0.747. The molecule has 2 aromatic heterocycles. The fourth-order valence-electron chi connectivity index (χ4n) is 2.19.